The molecule has 1 aromatic heterocycles. The van der Waals surface area contributed by atoms with E-state index in [2.05, 4.69) is 5.10 Å². The summed E-state index contributed by atoms with van der Waals surface area (Å²) in [5.41, 5.74) is 1.05. The van der Waals surface area contributed by atoms with Gasteiger partial charge < -0.3 is 14.4 Å². The summed E-state index contributed by atoms with van der Waals surface area (Å²) in [6.45, 7) is 1.86. The number of aromatic nitrogens is 2. The number of halogens is 2. The zero-order valence-electron chi connectivity index (χ0n) is 13.4. The van der Waals surface area contributed by atoms with Crippen molar-refractivity contribution >= 4 is 5.91 Å². The fourth-order valence-corrected chi connectivity index (χ4v) is 2.97. The second-order valence-electron chi connectivity index (χ2n) is 6.19. The Balaban J connectivity index is 1.42. The molecule has 6 nitrogen and oxygen atoms in total. The molecule has 1 amide bonds. The molecule has 0 N–H and O–H groups in total. The molecular weight excluding hydrogens is 332 g/mol. The van der Waals surface area contributed by atoms with Crippen molar-refractivity contribution in [3.63, 3.8) is 0 Å². The highest BCUT2D eigenvalue weighted by atomic mass is 19.1. The molecule has 3 heterocycles. The number of ether oxygens (including phenoxy) is 2. The summed E-state index contributed by atoms with van der Waals surface area (Å²) in [4.78, 5) is 14.2. The highest BCUT2D eigenvalue weighted by Gasteiger charge is 2.36. The van der Waals surface area contributed by atoms with Gasteiger partial charge in [0, 0.05) is 19.2 Å². The largest absolute Gasteiger partial charge is 0.487 e. The lowest BCUT2D eigenvalue weighted by Crippen LogP contribution is -2.49. The van der Waals surface area contributed by atoms with E-state index in [0.29, 0.717) is 43.4 Å². The monoisotopic (exact) mass is 349 g/mol. The molecule has 0 saturated carbocycles. The van der Waals surface area contributed by atoms with Crippen LogP contribution in [0.5, 0.6) is 5.75 Å². The Kier molecular flexibility index (Phi) is 4.12. The number of carbonyl (C=O) groups is 1. The quantitative estimate of drug-likeness (QED) is 0.829. The van der Waals surface area contributed by atoms with Crippen LogP contribution in [0.15, 0.2) is 30.3 Å². The van der Waals surface area contributed by atoms with Gasteiger partial charge in [0.15, 0.2) is 0 Å². The third kappa shape index (κ3) is 3.21. The molecule has 132 valence electrons. The lowest BCUT2D eigenvalue weighted by atomic mass is 10.1. The van der Waals surface area contributed by atoms with Crippen molar-refractivity contribution in [1.82, 2.24) is 14.7 Å². The summed E-state index contributed by atoms with van der Waals surface area (Å²) >= 11 is 0. The Labute approximate surface area is 142 Å². The van der Waals surface area contributed by atoms with Crippen LogP contribution < -0.4 is 4.74 Å². The van der Waals surface area contributed by atoms with E-state index in [9.17, 15) is 13.6 Å². The molecule has 2 aliphatic rings. The van der Waals surface area contributed by atoms with Crippen LogP contribution in [0, 0.1) is 11.7 Å². The van der Waals surface area contributed by atoms with Crippen molar-refractivity contribution in [2.24, 2.45) is 5.92 Å². The van der Waals surface area contributed by atoms with Gasteiger partial charge in [0.2, 0.25) is 6.36 Å². The number of rotatable bonds is 5. The number of hydrogen-bond donors (Lipinski definition) is 0. The lowest BCUT2D eigenvalue weighted by Gasteiger charge is -2.36. The second-order valence-corrected chi connectivity index (χ2v) is 6.19. The minimum atomic E-state index is -1.28. The molecule has 2 aromatic rings. The highest BCUT2D eigenvalue weighted by molar-refractivity contribution is 5.93. The smallest absolute Gasteiger partial charge is 0.272 e. The van der Waals surface area contributed by atoms with Crippen LogP contribution in [-0.2, 0) is 17.9 Å². The van der Waals surface area contributed by atoms with Crippen LogP contribution in [0.2, 0.25) is 0 Å². The molecule has 8 heteroatoms. The molecule has 2 aliphatic heterocycles. The Bertz CT molecular complexity index is 795. The van der Waals surface area contributed by atoms with Gasteiger partial charge in [0.05, 0.1) is 19.1 Å². The van der Waals surface area contributed by atoms with Gasteiger partial charge in [0.25, 0.3) is 5.91 Å². The van der Waals surface area contributed by atoms with Gasteiger partial charge in [-0.05, 0) is 18.2 Å². The van der Waals surface area contributed by atoms with Crippen LogP contribution in [0.25, 0.3) is 0 Å². The van der Waals surface area contributed by atoms with Crippen molar-refractivity contribution in [3.05, 3.63) is 47.5 Å². The molecule has 0 radical (unpaired) electrons. The van der Waals surface area contributed by atoms with Gasteiger partial charge in [-0.3, -0.25) is 9.48 Å². The first kappa shape index (κ1) is 16.0. The van der Waals surface area contributed by atoms with E-state index in [1.807, 2.05) is 0 Å². The van der Waals surface area contributed by atoms with Crippen LogP contribution in [-0.4, -0.2) is 46.6 Å². The average molecular weight is 349 g/mol. The van der Waals surface area contributed by atoms with E-state index >= 15 is 0 Å². The maximum atomic E-state index is 13.2. The first-order valence-corrected chi connectivity index (χ1v) is 8.10. The predicted octanol–water partition coefficient (Wildman–Crippen LogP) is 2.00. The van der Waals surface area contributed by atoms with Crippen molar-refractivity contribution in [2.75, 3.05) is 19.7 Å². The van der Waals surface area contributed by atoms with Gasteiger partial charge in [0.1, 0.15) is 29.6 Å². The summed E-state index contributed by atoms with van der Waals surface area (Å²) in [5, 5.41) is 4.35. The van der Waals surface area contributed by atoms with Gasteiger partial charge in [-0.2, -0.15) is 5.10 Å². The summed E-state index contributed by atoms with van der Waals surface area (Å²) < 4.78 is 38.2. The molecule has 1 saturated heterocycles. The molecule has 0 spiro atoms. The zero-order chi connectivity index (χ0) is 17.4. The van der Waals surface area contributed by atoms with E-state index in [-0.39, 0.29) is 24.2 Å². The summed E-state index contributed by atoms with van der Waals surface area (Å²) in [5.74, 6) is -0.402. The first-order chi connectivity index (χ1) is 12.1. The maximum Gasteiger partial charge on any atom is 0.272 e. The molecule has 1 aromatic carbocycles. The molecule has 0 bridgehead atoms. The topological polar surface area (TPSA) is 56.6 Å². The van der Waals surface area contributed by atoms with Crippen LogP contribution >= 0.6 is 0 Å². The molecular formula is C17H17F2N3O3. The third-order valence-electron chi connectivity index (χ3n) is 4.40. The van der Waals surface area contributed by atoms with Gasteiger partial charge in [-0.1, -0.05) is 6.07 Å². The van der Waals surface area contributed by atoms with Crippen molar-refractivity contribution in [2.45, 2.75) is 19.5 Å². The summed E-state index contributed by atoms with van der Waals surface area (Å²) in [6, 6.07) is 7.51. The van der Waals surface area contributed by atoms with Crippen LogP contribution in [0.1, 0.15) is 16.2 Å². The lowest BCUT2D eigenvalue weighted by molar-refractivity contribution is -0.191. The summed E-state index contributed by atoms with van der Waals surface area (Å²) in [6.07, 6.45) is -1.28. The number of hydrogen-bond acceptors (Lipinski definition) is 4. The number of fused-ring (bicyclic) bond motifs is 1. The number of alkyl halides is 1. The fraction of sp³-hybridized carbons (Fsp3) is 0.412. The van der Waals surface area contributed by atoms with E-state index in [0.717, 1.165) is 0 Å². The van der Waals surface area contributed by atoms with E-state index in [4.69, 9.17) is 9.47 Å². The normalized spacial score (nSPS) is 22.5. The molecule has 0 aliphatic carbocycles. The number of carbonyl (C=O) groups excluding carboxylic acids is 1. The minimum Gasteiger partial charge on any atom is -0.487 e. The predicted molar refractivity (Wildman–Crippen MR) is 83.2 cm³/mol. The Morgan fingerprint density at radius 1 is 1.32 bits per heavy atom. The maximum absolute atomic E-state index is 13.2. The molecule has 25 heavy (non-hydrogen) atoms. The minimum absolute atomic E-state index is 0.139. The third-order valence-corrected chi connectivity index (χ3v) is 4.40. The standard InChI is InChI=1S/C17H17F2N3O3/c18-12-2-1-3-14(6-12)24-10-13-7-15-17(23)21(4-5-22(15)20-13)8-11-9-25-16(11)19/h1-3,6-7,11,16H,4-5,8-10H2. The van der Waals surface area contributed by atoms with E-state index < -0.39 is 6.36 Å². The number of benzene rings is 1. The van der Waals surface area contributed by atoms with Gasteiger partial charge >= 0.3 is 0 Å². The molecule has 1 fully saturated rings. The highest BCUT2D eigenvalue weighted by Crippen LogP contribution is 2.24. The molecule has 2 unspecified atom stereocenters. The first-order valence-electron chi connectivity index (χ1n) is 8.10. The van der Waals surface area contributed by atoms with Gasteiger partial charge in [-0.25, -0.2) is 8.78 Å². The van der Waals surface area contributed by atoms with E-state index in [1.54, 1.807) is 27.8 Å². The second kappa shape index (κ2) is 6.44. The SMILES string of the molecule is O=C1c2cc(COc3cccc(F)c3)nn2CCN1CC1COC1F. The zero-order valence-corrected chi connectivity index (χ0v) is 13.4. The van der Waals surface area contributed by atoms with Crippen molar-refractivity contribution < 1.29 is 23.0 Å². The number of nitrogens with zero attached hydrogens (tertiary/aromatic N) is 3. The van der Waals surface area contributed by atoms with Crippen LogP contribution in [0.3, 0.4) is 0 Å². The summed E-state index contributed by atoms with van der Waals surface area (Å²) in [7, 11) is 0. The average Bonchev–Trinajstić information content (AvgIpc) is 3.02. The van der Waals surface area contributed by atoms with Gasteiger partial charge in [-0.15, -0.1) is 0 Å². The fourth-order valence-electron chi connectivity index (χ4n) is 2.97. The van der Waals surface area contributed by atoms with Crippen LogP contribution in [0.4, 0.5) is 8.78 Å². The Hall–Kier alpha value is -2.48. The van der Waals surface area contributed by atoms with Crippen molar-refractivity contribution in [3.8, 4) is 5.75 Å². The Morgan fingerprint density at radius 3 is 2.92 bits per heavy atom. The molecule has 2 atom stereocenters. The molecule has 4 rings (SSSR count). The number of amides is 1. The Morgan fingerprint density at radius 2 is 2.20 bits per heavy atom. The van der Waals surface area contributed by atoms with E-state index in [1.165, 1.54) is 12.1 Å². The van der Waals surface area contributed by atoms with Crippen molar-refractivity contribution in [1.29, 1.82) is 0 Å².